The number of aryl methyl sites for hydroxylation is 1. The van der Waals surface area contributed by atoms with Crippen LogP contribution in [0.25, 0.3) is 10.6 Å². The normalized spacial score (nSPS) is 15.1. The second-order valence-electron chi connectivity index (χ2n) is 6.28. The van der Waals surface area contributed by atoms with Gasteiger partial charge < -0.3 is 9.64 Å². The van der Waals surface area contributed by atoms with E-state index in [0.29, 0.717) is 24.0 Å². The van der Waals surface area contributed by atoms with Gasteiger partial charge in [-0.1, -0.05) is 18.2 Å². The Balaban J connectivity index is 1.85. The lowest BCUT2D eigenvalue weighted by Crippen LogP contribution is -2.36. The van der Waals surface area contributed by atoms with Crippen molar-refractivity contribution in [2.24, 2.45) is 0 Å². The quantitative estimate of drug-likeness (QED) is 0.669. The largest absolute Gasteiger partial charge is 0.378 e. The zero-order valence-corrected chi connectivity index (χ0v) is 16.5. The van der Waals surface area contributed by atoms with Crippen LogP contribution < -0.4 is 4.90 Å². The van der Waals surface area contributed by atoms with Crippen molar-refractivity contribution in [3.05, 3.63) is 54.4 Å². The Kier molecular flexibility index (Phi) is 4.94. The molecule has 4 rings (SSSR count). The van der Waals surface area contributed by atoms with Crippen molar-refractivity contribution in [1.82, 2.24) is 9.36 Å². The van der Waals surface area contributed by atoms with E-state index in [0.717, 1.165) is 24.3 Å². The molecule has 1 aliphatic rings. The van der Waals surface area contributed by atoms with E-state index < -0.39 is 9.84 Å². The van der Waals surface area contributed by atoms with Gasteiger partial charge in [-0.3, -0.25) is 0 Å². The fourth-order valence-corrected chi connectivity index (χ4v) is 5.02. The monoisotopic (exact) mass is 401 g/mol. The van der Waals surface area contributed by atoms with Crippen LogP contribution in [0.2, 0.25) is 0 Å². The van der Waals surface area contributed by atoms with Crippen molar-refractivity contribution < 1.29 is 13.2 Å². The Morgan fingerprint density at radius 3 is 2.44 bits per heavy atom. The first kappa shape index (κ1) is 18.1. The molecule has 0 spiro atoms. The Morgan fingerprint density at radius 2 is 1.78 bits per heavy atom. The second-order valence-corrected chi connectivity index (χ2v) is 8.98. The Labute approximate surface area is 162 Å². The van der Waals surface area contributed by atoms with Crippen molar-refractivity contribution in [1.29, 1.82) is 0 Å². The third-order valence-corrected chi connectivity index (χ3v) is 7.01. The van der Waals surface area contributed by atoms with Gasteiger partial charge in [0, 0.05) is 24.3 Å². The molecule has 27 heavy (non-hydrogen) atoms. The van der Waals surface area contributed by atoms with Crippen LogP contribution >= 0.6 is 11.5 Å². The van der Waals surface area contributed by atoms with Gasteiger partial charge in [0.05, 0.1) is 23.0 Å². The molecule has 0 atom stereocenters. The van der Waals surface area contributed by atoms with E-state index in [2.05, 4.69) is 14.3 Å². The van der Waals surface area contributed by atoms with Gasteiger partial charge in [0.2, 0.25) is 9.84 Å². The van der Waals surface area contributed by atoms with Crippen molar-refractivity contribution in [3.63, 3.8) is 0 Å². The first-order chi connectivity index (χ1) is 13.0. The van der Waals surface area contributed by atoms with Crippen LogP contribution in [0.4, 0.5) is 5.69 Å². The van der Waals surface area contributed by atoms with E-state index in [1.165, 1.54) is 11.5 Å². The number of morpholine rings is 1. The van der Waals surface area contributed by atoms with Crippen molar-refractivity contribution in [3.8, 4) is 10.6 Å². The molecule has 1 aliphatic heterocycles. The molecule has 3 aromatic rings. The van der Waals surface area contributed by atoms with Gasteiger partial charge in [-0.05, 0) is 48.8 Å². The molecule has 1 aromatic heterocycles. The highest BCUT2D eigenvalue weighted by Crippen LogP contribution is 2.32. The van der Waals surface area contributed by atoms with E-state index in [1.807, 2.05) is 13.0 Å². The summed E-state index contributed by atoms with van der Waals surface area (Å²) in [5, 5.41) is 0.715. The molecule has 0 aliphatic carbocycles. The molecule has 0 radical (unpaired) electrons. The highest BCUT2D eigenvalue weighted by atomic mass is 32.2. The summed E-state index contributed by atoms with van der Waals surface area (Å²) < 4.78 is 36.0. The molecule has 2 aromatic carbocycles. The fraction of sp³-hybridized carbons (Fsp3) is 0.263. The summed E-state index contributed by atoms with van der Waals surface area (Å²) in [5.41, 5.74) is 1.62. The van der Waals surface area contributed by atoms with Crippen LogP contribution in [0, 0.1) is 6.92 Å². The second kappa shape index (κ2) is 7.38. The third-order valence-electron chi connectivity index (χ3n) is 4.41. The minimum atomic E-state index is -3.63. The topological polar surface area (TPSA) is 72.4 Å². The number of sulfone groups is 1. The van der Waals surface area contributed by atoms with Gasteiger partial charge in [0.25, 0.3) is 0 Å². The number of aromatic nitrogens is 2. The fourth-order valence-electron chi connectivity index (χ4n) is 3.02. The van der Waals surface area contributed by atoms with Gasteiger partial charge >= 0.3 is 0 Å². The Morgan fingerprint density at radius 1 is 1.04 bits per heavy atom. The summed E-state index contributed by atoms with van der Waals surface area (Å²) in [4.78, 5) is 7.12. The molecule has 0 unspecified atom stereocenters. The van der Waals surface area contributed by atoms with Crippen LogP contribution in [-0.2, 0) is 14.6 Å². The highest BCUT2D eigenvalue weighted by molar-refractivity contribution is 7.91. The average molecular weight is 402 g/mol. The first-order valence-electron chi connectivity index (χ1n) is 8.63. The van der Waals surface area contributed by atoms with E-state index in [4.69, 9.17) is 4.74 Å². The van der Waals surface area contributed by atoms with E-state index in [9.17, 15) is 8.42 Å². The smallest absolute Gasteiger partial charge is 0.206 e. The molecule has 1 saturated heterocycles. The molecule has 0 amide bonds. The molecular formula is C19H19N3O3S2. The lowest BCUT2D eigenvalue weighted by atomic mass is 10.2. The lowest BCUT2D eigenvalue weighted by Gasteiger charge is -2.29. The standard InChI is InChI=1S/C19H19N3O3S2/c1-14-20-19(26-21-14)15-11-16(22-7-9-25-10-8-22)13-18(12-15)27(23,24)17-5-3-2-4-6-17/h2-6,11-13H,7-10H2,1H3. The van der Waals surface area contributed by atoms with Gasteiger partial charge in [0.1, 0.15) is 10.8 Å². The van der Waals surface area contributed by atoms with Crippen LogP contribution in [0.3, 0.4) is 0 Å². The van der Waals surface area contributed by atoms with Crippen molar-refractivity contribution in [2.75, 3.05) is 31.2 Å². The molecule has 8 heteroatoms. The molecule has 0 bridgehead atoms. The van der Waals surface area contributed by atoms with E-state index >= 15 is 0 Å². The predicted molar refractivity (Wildman–Crippen MR) is 105 cm³/mol. The SMILES string of the molecule is Cc1nsc(-c2cc(N3CCOCC3)cc(S(=O)(=O)c3ccccc3)c2)n1. The zero-order chi connectivity index (χ0) is 18.9. The van der Waals surface area contributed by atoms with Crippen LogP contribution in [0.1, 0.15) is 5.82 Å². The lowest BCUT2D eigenvalue weighted by molar-refractivity contribution is 0.122. The molecule has 1 fully saturated rings. The predicted octanol–water partition coefficient (Wildman–Crippen LogP) is 3.18. The number of benzene rings is 2. The number of nitrogens with zero attached hydrogens (tertiary/aromatic N) is 3. The summed E-state index contributed by atoms with van der Waals surface area (Å²) in [5.74, 6) is 0.680. The zero-order valence-electron chi connectivity index (χ0n) is 14.8. The van der Waals surface area contributed by atoms with Crippen molar-refractivity contribution >= 4 is 27.1 Å². The summed E-state index contributed by atoms with van der Waals surface area (Å²) in [6.45, 7) is 4.53. The maximum atomic E-state index is 13.2. The average Bonchev–Trinajstić information content (AvgIpc) is 3.15. The molecular weight excluding hydrogens is 382 g/mol. The molecule has 6 nitrogen and oxygen atoms in total. The summed E-state index contributed by atoms with van der Waals surface area (Å²) in [7, 11) is -3.63. The Bertz CT molecular complexity index is 1040. The molecule has 0 N–H and O–H groups in total. The first-order valence-corrected chi connectivity index (χ1v) is 10.9. The number of rotatable bonds is 4. The van der Waals surface area contributed by atoms with E-state index in [-0.39, 0.29) is 9.79 Å². The van der Waals surface area contributed by atoms with Crippen LogP contribution in [0.15, 0.2) is 58.3 Å². The van der Waals surface area contributed by atoms with Crippen LogP contribution in [0.5, 0.6) is 0 Å². The summed E-state index contributed by atoms with van der Waals surface area (Å²) in [6.07, 6.45) is 0. The molecule has 140 valence electrons. The molecule has 2 heterocycles. The van der Waals surface area contributed by atoms with Gasteiger partial charge in [-0.2, -0.15) is 4.37 Å². The minimum absolute atomic E-state index is 0.264. The summed E-state index contributed by atoms with van der Waals surface area (Å²) in [6, 6.07) is 13.9. The number of anilines is 1. The van der Waals surface area contributed by atoms with Crippen molar-refractivity contribution in [2.45, 2.75) is 16.7 Å². The van der Waals surface area contributed by atoms with E-state index in [1.54, 1.807) is 42.5 Å². The van der Waals surface area contributed by atoms with Crippen LogP contribution in [-0.4, -0.2) is 44.1 Å². The molecule has 0 saturated carbocycles. The minimum Gasteiger partial charge on any atom is -0.378 e. The highest BCUT2D eigenvalue weighted by Gasteiger charge is 2.22. The number of hydrogen-bond acceptors (Lipinski definition) is 7. The van der Waals surface area contributed by atoms with Gasteiger partial charge in [-0.25, -0.2) is 13.4 Å². The number of hydrogen-bond donors (Lipinski definition) is 0. The Hall–Kier alpha value is -2.29. The maximum Gasteiger partial charge on any atom is 0.206 e. The maximum absolute atomic E-state index is 13.2. The number of ether oxygens (including phenoxy) is 1. The summed E-state index contributed by atoms with van der Waals surface area (Å²) >= 11 is 1.27. The third kappa shape index (κ3) is 3.73. The van der Waals surface area contributed by atoms with Gasteiger partial charge in [-0.15, -0.1) is 0 Å². The van der Waals surface area contributed by atoms with Gasteiger partial charge in [0.15, 0.2) is 0 Å².